The number of allylic oxidation sites excluding steroid dienone is 2. The van der Waals surface area contributed by atoms with Gasteiger partial charge in [-0.25, -0.2) is 17.8 Å². The quantitative estimate of drug-likeness (QED) is 0.291. The number of aromatic nitrogens is 2. The van der Waals surface area contributed by atoms with Gasteiger partial charge in [0, 0.05) is 48.8 Å². The Morgan fingerprint density at radius 3 is 2.84 bits per heavy atom. The predicted molar refractivity (Wildman–Crippen MR) is 168 cm³/mol. The van der Waals surface area contributed by atoms with Gasteiger partial charge in [0.25, 0.3) is 5.91 Å². The molecule has 9 nitrogen and oxygen atoms in total. The second-order valence-corrected chi connectivity index (χ2v) is 13.9. The van der Waals surface area contributed by atoms with Crippen molar-refractivity contribution in [1.29, 1.82) is 0 Å². The number of anilines is 1. The number of carbonyl (C=O) groups excluding carboxylic acids is 1. The van der Waals surface area contributed by atoms with Crippen molar-refractivity contribution in [2.24, 2.45) is 0 Å². The van der Waals surface area contributed by atoms with Gasteiger partial charge in [0.2, 0.25) is 10.0 Å². The van der Waals surface area contributed by atoms with Crippen LogP contribution in [0.1, 0.15) is 46.4 Å². The van der Waals surface area contributed by atoms with Crippen molar-refractivity contribution >= 4 is 56.0 Å². The number of alkyl halides is 1. The van der Waals surface area contributed by atoms with Crippen molar-refractivity contribution in [3.8, 4) is 28.4 Å². The Labute approximate surface area is 252 Å². The van der Waals surface area contributed by atoms with Crippen molar-refractivity contribution in [2.75, 3.05) is 36.2 Å². The molecule has 5 heterocycles. The summed E-state index contributed by atoms with van der Waals surface area (Å²) in [4.78, 5) is 18.2. The largest absolute Gasteiger partial charge is 0.470 e. The van der Waals surface area contributed by atoms with Gasteiger partial charge in [0.1, 0.15) is 29.0 Å². The van der Waals surface area contributed by atoms with Gasteiger partial charge in [-0.3, -0.25) is 9.10 Å². The van der Waals surface area contributed by atoms with E-state index in [-0.39, 0.29) is 12.6 Å². The summed E-state index contributed by atoms with van der Waals surface area (Å²) in [5.41, 5.74) is 5.63. The molecule has 1 aliphatic carbocycles. The van der Waals surface area contributed by atoms with Crippen LogP contribution >= 0.6 is 11.8 Å². The van der Waals surface area contributed by atoms with E-state index in [1.807, 2.05) is 34.5 Å². The normalized spacial score (nSPS) is 17.5. The highest BCUT2D eigenvalue weighted by molar-refractivity contribution is 7.99. The number of halogens is 1. The number of fused-ring (bicyclic) bond motifs is 6. The minimum absolute atomic E-state index is 0.228. The molecule has 2 aliphatic heterocycles. The number of carbonyl (C=O) groups is 1. The lowest BCUT2D eigenvalue weighted by Gasteiger charge is -2.23. The zero-order valence-corrected chi connectivity index (χ0v) is 25.4. The summed E-state index contributed by atoms with van der Waals surface area (Å²) in [5, 5.41) is 3.28. The number of ether oxygens (including phenoxy) is 1. The third-order valence-corrected chi connectivity index (χ3v) is 10.3. The van der Waals surface area contributed by atoms with E-state index in [1.165, 1.54) is 11.4 Å². The molecule has 3 aromatic heterocycles. The molecule has 43 heavy (non-hydrogen) atoms. The van der Waals surface area contributed by atoms with Crippen molar-refractivity contribution in [1.82, 2.24) is 14.9 Å². The molecular formula is C31H29FN4O5S2. The number of nitrogens with zero attached hydrogens (tertiary/aromatic N) is 3. The van der Waals surface area contributed by atoms with Crippen molar-refractivity contribution < 1.29 is 26.8 Å². The van der Waals surface area contributed by atoms with E-state index in [1.54, 1.807) is 31.3 Å². The summed E-state index contributed by atoms with van der Waals surface area (Å²) >= 11 is 1.81. The van der Waals surface area contributed by atoms with Crippen LogP contribution < -0.4 is 14.4 Å². The predicted octanol–water partition coefficient (Wildman–Crippen LogP) is 6.02. The fourth-order valence-corrected chi connectivity index (χ4v) is 7.26. The molecule has 0 saturated heterocycles. The molecule has 12 heteroatoms. The molecule has 1 N–H and O–H groups in total. The SMILES string of the molecule is CNC(=O)c1c(C2=CCSCC2)oc2cc(N(C)S(C)(=O)=O)c(-c3ccc4c(n3)-c3cc5c(n3CO4)C=CCC5F)cc12. The first-order valence-corrected chi connectivity index (χ1v) is 16.9. The number of rotatable bonds is 5. The monoisotopic (exact) mass is 620 g/mol. The summed E-state index contributed by atoms with van der Waals surface area (Å²) in [7, 11) is -0.641. The number of nitrogens with one attached hydrogen (secondary N) is 1. The Bertz CT molecular complexity index is 1990. The number of sulfonamides is 1. The number of hydrogen-bond donors (Lipinski definition) is 1. The van der Waals surface area contributed by atoms with Crippen molar-refractivity contribution in [3.63, 3.8) is 0 Å². The van der Waals surface area contributed by atoms with Gasteiger partial charge >= 0.3 is 0 Å². The van der Waals surface area contributed by atoms with E-state index in [0.29, 0.717) is 62.7 Å². The average molecular weight is 621 g/mol. The molecule has 1 aromatic carbocycles. The second kappa shape index (κ2) is 10.3. The lowest BCUT2D eigenvalue weighted by atomic mass is 9.99. The molecule has 222 valence electrons. The fraction of sp³-hybridized carbons (Fsp3) is 0.290. The van der Waals surface area contributed by atoms with Crippen LogP contribution in [0.15, 0.2) is 46.9 Å². The molecule has 1 atom stereocenters. The van der Waals surface area contributed by atoms with E-state index in [2.05, 4.69) is 11.4 Å². The van der Waals surface area contributed by atoms with Crippen LogP contribution in [0, 0.1) is 0 Å². The Hall–Kier alpha value is -4.03. The van der Waals surface area contributed by atoms with E-state index in [0.717, 1.165) is 41.1 Å². The van der Waals surface area contributed by atoms with Gasteiger partial charge in [0.05, 0.1) is 34.6 Å². The summed E-state index contributed by atoms with van der Waals surface area (Å²) in [5.74, 6) is 2.46. The summed E-state index contributed by atoms with van der Waals surface area (Å²) in [6.07, 6.45) is 6.86. The Morgan fingerprint density at radius 1 is 1.26 bits per heavy atom. The van der Waals surface area contributed by atoms with Crippen LogP contribution in [0.5, 0.6) is 5.75 Å². The lowest BCUT2D eigenvalue weighted by Crippen LogP contribution is -2.25. The first-order valence-electron chi connectivity index (χ1n) is 13.9. The molecule has 0 spiro atoms. The lowest BCUT2D eigenvalue weighted by molar-refractivity contribution is 0.0963. The third kappa shape index (κ3) is 4.54. The molecule has 1 unspecified atom stereocenters. The van der Waals surface area contributed by atoms with Crippen LogP contribution in [0.4, 0.5) is 10.1 Å². The van der Waals surface area contributed by atoms with Crippen LogP contribution in [0.3, 0.4) is 0 Å². The Balaban J connectivity index is 1.47. The molecule has 0 radical (unpaired) electrons. The highest BCUT2D eigenvalue weighted by Crippen LogP contribution is 2.45. The first-order chi connectivity index (χ1) is 20.7. The van der Waals surface area contributed by atoms with Crippen LogP contribution in [0.2, 0.25) is 0 Å². The Morgan fingerprint density at radius 2 is 2.09 bits per heavy atom. The van der Waals surface area contributed by atoms with E-state index >= 15 is 0 Å². The molecule has 0 fully saturated rings. The maximum Gasteiger partial charge on any atom is 0.255 e. The van der Waals surface area contributed by atoms with Gasteiger partial charge in [-0.05, 0) is 48.1 Å². The second-order valence-electron chi connectivity index (χ2n) is 10.8. The number of benzene rings is 1. The average Bonchev–Trinajstić information content (AvgIpc) is 3.59. The summed E-state index contributed by atoms with van der Waals surface area (Å²) in [6, 6.07) is 8.78. The van der Waals surface area contributed by atoms with E-state index < -0.39 is 16.2 Å². The zero-order chi connectivity index (χ0) is 30.0. The number of furan rings is 1. The van der Waals surface area contributed by atoms with Gasteiger partial charge in [-0.1, -0.05) is 12.2 Å². The highest BCUT2D eigenvalue weighted by Gasteiger charge is 2.30. The minimum atomic E-state index is -3.68. The van der Waals surface area contributed by atoms with Crippen molar-refractivity contribution in [2.45, 2.75) is 25.7 Å². The molecule has 1 amide bonds. The zero-order valence-electron chi connectivity index (χ0n) is 23.8. The number of amides is 1. The van der Waals surface area contributed by atoms with Crippen LogP contribution in [0.25, 0.3) is 45.3 Å². The van der Waals surface area contributed by atoms with E-state index in [9.17, 15) is 17.6 Å². The number of thioether (sulfide) groups is 1. The topological polar surface area (TPSA) is 107 Å². The molecule has 7 rings (SSSR count). The van der Waals surface area contributed by atoms with Crippen molar-refractivity contribution in [3.05, 3.63) is 65.1 Å². The van der Waals surface area contributed by atoms with E-state index in [4.69, 9.17) is 14.1 Å². The van der Waals surface area contributed by atoms with Gasteiger partial charge in [-0.2, -0.15) is 11.8 Å². The molecular weight excluding hydrogens is 591 g/mol. The van der Waals surface area contributed by atoms with Gasteiger partial charge in [0.15, 0.2) is 6.73 Å². The maximum absolute atomic E-state index is 14.8. The fourth-order valence-electron chi connectivity index (χ4n) is 5.90. The molecule has 3 aliphatic rings. The third-order valence-electron chi connectivity index (χ3n) is 8.20. The number of hydrogen-bond acceptors (Lipinski definition) is 7. The van der Waals surface area contributed by atoms with Crippen LogP contribution in [-0.2, 0) is 16.8 Å². The molecule has 4 aromatic rings. The minimum Gasteiger partial charge on any atom is -0.470 e. The highest BCUT2D eigenvalue weighted by atomic mass is 32.2. The van der Waals surface area contributed by atoms with Gasteiger partial charge < -0.3 is 19.0 Å². The summed E-state index contributed by atoms with van der Waals surface area (Å²) < 4.78 is 55.8. The van der Waals surface area contributed by atoms with Crippen LogP contribution in [-0.4, -0.2) is 55.7 Å². The Kier molecular flexibility index (Phi) is 6.66. The summed E-state index contributed by atoms with van der Waals surface area (Å²) in [6.45, 7) is 0.228. The molecule has 0 bridgehead atoms. The maximum atomic E-state index is 14.8. The van der Waals surface area contributed by atoms with Gasteiger partial charge in [-0.15, -0.1) is 0 Å². The number of pyridine rings is 1. The molecule has 0 saturated carbocycles. The smallest absolute Gasteiger partial charge is 0.255 e. The standard InChI is InChI=1S/C31H29FN4O5S2/c1-33-31(37)28-20-13-19(24(35(2)43(3,38)39)15-27(20)41-30(28)17-9-11-42-12-10-17)22-7-8-26-29(34-22)25-14-18-21(32)5-4-6-23(18)36(25)16-40-26/h4,6-9,13-15,21H,5,10-12,16H2,1-3H3,(H,33,37). The first kappa shape index (κ1) is 27.8.